The van der Waals surface area contributed by atoms with E-state index < -0.39 is 0 Å². The molecule has 0 amide bonds. The lowest BCUT2D eigenvalue weighted by molar-refractivity contribution is 0.794. The van der Waals surface area contributed by atoms with Crippen molar-refractivity contribution in [3.05, 3.63) is 235 Å². The Kier molecular flexibility index (Phi) is 7.69. The van der Waals surface area contributed by atoms with Gasteiger partial charge in [0.1, 0.15) is 0 Å². The Bertz CT molecular complexity index is 3490. The van der Waals surface area contributed by atoms with Gasteiger partial charge < -0.3 is 0 Å². The molecule has 1 spiro atoms. The molecule has 9 aromatic carbocycles. The van der Waals surface area contributed by atoms with Gasteiger partial charge in [-0.2, -0.15) is 0 Å². The van der Waals surface area contributed by atoms with Crippen LogP contribution in [0.3, 0.4) is 0 Å². The molecule has 4 heteroatoms. The molecule has 2 aromatic heterocycles. The van der Waals surface area contributed by atoms with Gasteiger partial charge in [-0.1, -0.05) is 188 Å². The molecule has 288 valence electrons. The molecule has 2 aliphatic carbocycles. The normalized spacial score (nSPS) is 13.0. The molecule has 0 radical (unpaired) electrons. The Morgan fingerprint density at radius 3 is 1.48 bits per heavy atom. The molecule has 0 bridgehead atoms. The summed E-state index contributed by atoms with van der Waals surface area (Å²) in [5.41, 5.74) is 18.0. The second-order valence-electron chi connectivity index (χ2n) is 16.2. The van der Waals surface area contributed by atoms with Crippen LogP contribution < -0.4 is 0 Å². The fourth-order valence-electron chi connectivity index (χ4n) is 10.4. The highest BCUT2D eigenvalue weighted by Gasteiger charge is 2.51. The standard InChI is InChI=1S/C58H35N3S/c1-3-16-36(17-4-1)55-59-56(37-18-5-2-6-19-37)61-57(60-55)45-26-15-31-52-54(45)46-35-39(32-33-51(46)62-52)38-20-13-21-40(34-38)41-25-14-30-50-53(41)44-24-9-12-29-49(44)58(50)47-27-10-7-22-42(47)43-23-8-11-28-48(43)58/h1-35H. The van der Waals surface area contributed by atoms with Gasteiger partial charge in [-0.3, -0.25) is 0 Å². The molecule has 0 aliphatic heterocycles. The zero-order chi connectivity index (χ0) is 40.8. The Morgan fingerprint density at radius 1 is 0.306 bits per heavy atom. The van der Waals surface area contributed by atoms with Gasteiger partial charge >= 0.3 is 0 Å². The first kappa shape index (κ1) is 35.0. The lowest BCUT2D eigenvalue weighted by Crippen LogP contribution is -2.25. The maximum atomic E-state index is 5.14. The Hall–Kier alpha value is -7.79. The zero-order valence-electron chi connectivity index (χ0n) is 33.5. The molecule has 0 saturated carbocycles. The van der Waals surface area contributed by atoms with Gasteiger partial charge in [0.05, 0.1) is 5.41 Å². The average molecular weight is 806 g/mol. The lowest BCUT2D eigenvalue weighted by Gasteiger charge is -2.30. The first-order valence-electron chi connectivity index (χ1n) is 21.1. The van der Waals surface area contributed by atoms with Crippen LogP contribution in [-0.4, -0.2) is 15.0 Å². The van der Waals surface area contributed by atoms with Crippen molar-refractivity contribution in [1.29, 1.82) is 0 Å². The number of nitrogens with zero attached hydrogens (tertiary/aromatic N) is 3. The maximum absolute atomic E-state index is 5.14. The van der Waals surface area contributed by atoms with Crippen molar-refractivity contribution >= 4 is 31.5 Å². The molecule has 0 fully saturated rings. The molecule has 13 rings (SSSR count). The first-order chi connectivity index (χ1) is 30.7. The van der Waals surface area contributed by atoms with Gasteiger partial charge in [0.25, 0.3) is 0 Å². The monoisotopic (exact) mass is 805 g/mol. The SMILES string of the molecule is c1ccc(-c2nc(-c3ccccc3)nc(-c3cccc4sc5ccc(-c6cccc(-c7cccc8c7-c7ccccc7C87c8ccccc8-c8ccccc87)c6)cc5c34)n2)cc1. The van der Waals surface area contributed by atoms with Crippen molar-refractivity contribution in [2.24, 2.45) is 0 Å². The third kappa shape index (κ3) is 5.08. The summed E-state index contributed by atoms with van der Waals surface area (Å²) in [6, 6.07) is 76.9. The summed E-state index contributed by atoms with van der Waals surface area (Å²) in [5.74, 6) is 1.98. The zero-order valence-corrected chi connectivity index (χ0v) is 34.3. The predicted molar refractivity (Wildman–Crippen MR) is 256 cm³/mol. The number of aromatic nitrogens is 3. The third-order valence-electron chi connectivity index (χ3n) is 13.0. The number of rotatable bonds is 5. The molecule has 0 saturated heterocycles. The molecular weight excluding hydrogens is 771 g/mol. The van der Waals surface area contributed by atoms with Crippen molar-refractivity contribution in [2.45, 2.75) is 5.41 Å². The van der Waals surface area contributed by atoms with Crippen LogP contribution in [0.2, 0.25) is 0 Å². The third-order valence-corrected chi connectivity index (χ3v) is 14.1. The van der Waals surface area contributed by atoms with Crippen molar-refractivity contribution < 1.29 is 0 Å². The average Bonchev–Trinajstić information content (AvgIpc) is 3.98. The molecular formula is C58H35N3S. The van der Waals surface area contributed by atoms with E-state index >= 15 is 0 Å². The predicted octanol–water partition coefficient (Wildman–Crippen LogP) is 14.9. The summed E-state index contributed by atoms with van der Waals surface area (Å²) in [5, 5.41) is 2.36. The Morgan fingerprint density at radius 2 is 0.790 bits per heavy atom. The fraction of sp³-hybridized carbons (Fsp3) is 0.0172. The summed E-state index contributed by atoms with van der Waals surface area (Å²) in [6.45, 7) is 0. The second-order valence-corrected chi connectivity index (χ2v) is 17.3. The van der Waals surface area contributed by atoms with E-state index in [1.165, 1.54) is 81.5 Å². The summed E-state index contributed by atoms with van der Waals surface area (Å²) in [6.07, 6.45) is 0. The van der Waals surface area contributed by atoms with Gasteiger partial charge in [-0.15, -0.1) is 11.3 Å². The first-order valence-corrected chi connectivity index (χ1v) is 21.9. The topological polar surface area (TPSA) is 38.7 Å². The van der Waals surface area contributed by atoms with Crippen molar-refractivity contribution in [3.8, 4) is 78.7 Å². The van der Waals surface area contributed by atoms with Gasteiger partial charge in [0.15, 0.2) is 17.5 Å². The largest absolute Gasteiger partial charge is 0.208 e. The molecule has 0 unspecified atom stereocenters. The summed E-state index contributed by atoms with van der Waals surface area (Å²) >= 11 is 1.81. The Balaban J connectivity index is 0.967. The number of benzene rings is 9. The molecule has 2 aliphatic rings. The summed E-state index contributed by atoms with van der Waals surface area (Å²) in [4.78, 5) is 15.3. The van der Waals surface area contributed by atoms with Crippen LogP contribution in [0.1, 0.15) is 22.3 Å². The minimum atomic E-state index is -0.377. The van der Waals surface area contributed by atoms with E-state index in [4.69, 9.17) is 15.0 Å². The Labute approximate surface area is 363 Å². The highest BCUT2D eigenvalue weighted by molar-refractivity contribution is 7.26. The van der Waals surface area contributed by atoms with Crippen LogP contribution in [0.4, 0.5) is 0 Å². The van der Waals surface area contributed by atoms with Gasteiger partial charge in [0, 0.05) is 36.9 Å². The summed E-state index contributed by atoms with van der Waals surface area (Å²) in [7, 11) is 0. The van der Waals surface area contributed by atoms with Crippen molar-refractivity contribution in [1.82, 2.24) is 15.0 Å². The van der Waals surface area contributed by atoms with E-state index in [-0.39, 0.29) is 5.41 Å². The van der Waals surface area contributed by atoms with Crippen LogP contribution in [0.15, 0.2) is 212 Å². The smallest absolute Gasteiger partial charge is 0.164 e. The van der Waals surface area contributed by atoms with Crippen LogP contribution in [0.5, 0.6) is 0 Å². The second kappa shape index (κ2) is 13.6. The van der Waals surface area contributed by atoms with E-state index in [9.17, 15) is 0 Å². The van der Waals surface area contributed by atoms with E-state index in [2.05, 4.69) is 176 Å². The minimum Gasteiger partial charge on any atom is -0.208 e. The van der Waals surface area contributed by atoms with Crippen LogP contribution >= 0.6 is 11.3 Å². The molecule has 62 heavy (non-hydrogen) atoms. The molecule has 2 heterocycles. The van der Waals surface area contributed by atoms with E-state index in [0.717, 1.165) is 22.1 Å². The van der Waals surface area contributed by atoms with Crippen LogP contribution in [-0.2, 0) is 5.41 Å². The number of hydrogen-bond donors (Lipinski definition) is 0. The van der Waals surface area contributed by atoms with Crippen molar-refractivity contribution in [2.75, 3.05) is 0 Å². The van der Waals surface area contributed by atoms with Crippen LogP contribution in [0.25, 0.3) is 98.8 Å². The van der Waals surface area contributed by atoms with Gasteiger partial charge in [0.2, 0.25) is 0 Å². The molecule has 0 atom stereocenters. The molecule has 11 aromatic rings. The fourth-order valence-corrected chi connectivity index (χ4v) is 11.5. The molecule has 0 N–H and O–H groups in total. The maximum Gasteiger partial charge on any atom is 0.164 e. The highest BCUT2D eigenvalue weighted by Crippen LogP contribution is 2.64. The van der Waals surface area contributed by atoms with E-state index in [1.807, 2.05) is 47.7 Å². The lowest BCUT2D eigenvalue weighted by atomic mass is 9.70. The van der Waals surface area contributed by atoms with Gasteiger partial charge in [-0.05, 0) is 91.0 Å². The number of hydrogen-bond acceptors (Lipinski definition) is 4. The quantitative estimate of drug-likeness (QED) is 0.174. The van der Waals surface area contributed by atoms with Gasteiger partial charge in [-0.25, -0.2) is 15.0 Å². The molecule has 3 nitrogen and oxygen atoms in total. The number of fused-ring (bicyclic) bond motifs is 13. The van der Waals surface area contributed by atoms with E-state index in [0.29, 0.717) is 17.5 Å². The van der Waals surface area contributed by atoms with Crippen molar-refractivity contribution in [3.63, 3.8) is 0 Å². The number of thiophene rings is 1. The minimum absolute atomic E-state index is 0.377. The highest BCUT2D eigenvalue weighted by atomic mass is 32.1. The van der Waals surface area contributed by atoms with E-state index in [1.54, 1.807) is 0 Å². The van der Waals surface area contributed by atoms with Crippen LogP contribution in [0, 0.1) is 0 Å². The summed E-state index contributed by atoms with van der Waals surface area (Å²) < 4.78 is 2.43.